The summed E-state index contributed by atoms with van der Waals surface area (Å²) in [7, 11) is 0. The summed E-state index contributed by atoms with van der Waals surface area (Å²) in [6, 6.07) is 8.47. The lowest BCUT2D eigenvalue weighted by molar-refractivity contribution is -0.122. The summed E-state index contributed by atoms with van der Waals surface area (Å²) < 4.78 is 0. The number of anilines is 1. The number of hydrogen-bond acceptors (Lipinski definition) is 4. The molecular weight excluding hydrogens is 270 g/mol. The maximum Gasteiger partial charge on any atom is 0.272 e. The molecule has 7 nitrogen and oxygen atoms in total. The lowest BCUT2D eigenvalue weighted by Crippen LogP contribution is -2.51. The summed E-state index contributed by atoms with van der Waals surface area (Å²) >= 11 is 0. The van der Waals surface area contributed by atoms with Gasteiger partial charge in [-0.3, -0.25) is 14.7 Å². The minimum absolute atomic E-state index is 0.228. The second-order valence-corrected chi connectivity index (χ2v) is 5.03. The van der Waals surface area contributed by atoms with Gasteiger partial charge in [0.1, 0.15) is 17.6 Å². The molecule has 0 bridgehead atoms. The number of nitrogens with one attached hydrogen (secondary N) is 1. The summed E-state index contributed by atoms with van der Waals surface area (Å²) in [5.74, 6) is -0.630. The van der Waals surface area contributed by atoms with E-state index in [1.54, 1.807) is 0 Å². The number of nitrogen functional groups attached to an aromatic ring is 1. The Bertz CT molecular complexity index is 709. The molecule has 0 fully saturated rings. The number of hydrogen-bond donors (Lipinski definition) is 3. The van der Waals surface area contributed by atoms with Crippen LogP contribution in [0.25, 0.3) is 0 Å². The Balaban J connectivity index is 1.96. The summed E-state index contributed by atoms with van der Waals surface area (Å²) in [6.07, 6.45) is 0.418. The minimum Gasteiger partial charge on any atom is -0.382 e. The molecule has 7 heteroatoms. The van der Waals surface area contributed by atoms with E-state index >= 15 is 0 Å². The van der Waals surface area contributed by atoms with Gasteiger partial charge in [0, 0.05) is 19.0 Å². The van der Waals surface area contributed by atoms with Crippen LogP contribution in [0.5, 0.6) is 0 Å². The lowest BCUT2D eigenvalue weighted by atomic mass is 9.93. The molecule has 1 atom stereocenters. The highest BCUT2D eigenvalue weighted by molar-refractivity contribution is 5.96. The van der Waals surface area contributed by atoms with E-state index in [4.69, 9.17) is 11.5 Å². The highest BCUT2D eigenvalue weighted by Crippen LogP contribution is 2.24. The van der Waals surface area contributed by atoms with Gasteiger partial charge in [-0.15, -0.1) is 0 Å². The van der Waals surface area contributed by atoms with E-state index in [2.05, 4.69) is 10.2 Å². The van der Waals surface area contributed by atoms with Gasteiger partial charge in [-0.05, 0) is 11.1 Å². The van der Waals surface area contributed by atoms with Crippen LogP contribution >= 0.6 is 0 Å². The molecule has 1 aliphatic rings. The van der Waals surface area contributed by atoms with Crippen LogP contribution in [0, 0.1) is 0 Å². The Kier molecular flexibility index (Phi) is 3.09. The molecule has 0 saturated heterocycles. The van der Waals surface area contributed by atoms with E-state index in [1.165, 1.54) is 11.0 Å². The zero-order chi connectivity index (χ0) is 15.0. The van der Waals surface area contributed by atoms with Crippen LogP contribution < -0.4 is 11.5 Å². The zero-order valence-electron chi connectivity index (χ0n) is 11.2. The summed E-state index contributed by atoms with van der Waals surface area (Å²) in [5, 5.41) is 6.30. The molecule has 0 radical (unpaired) electrons. The van der Waals surface area contributed by atoms with Gasteiger partial charge in [0.2, 0.25) is 5.91 Å². The Morgan fingerprint density at radius 3 is 2.62 bits per heavy atom. The molecule has 2 heterocycles. The van der Waals surface area contributed by atoms with Gasteiger partial charge in [-0.25, -0.2) is 0 Å². The third kappa shape index (κ3) is 2.33. The molecule has 0 spiro atoms. The van der Waals surface area contributed by atoms with Crippen molar-refractivity contribution >= 4 is 17.6 Å². The van der Waals surface area contributed by atoms with Crippen LogP contribution in [0.15, 0.2) is 30.3 Å². The molecule has 2 amide bonds. The van der Waals surface area contributed by atoms with E-state index < -0.39 is 11.9 Å². The molecule has 0 saturated carbocycles. The van der Waals surface area contributed by atoms with Gasteiger partial charge in [-0.1, -0.05) is 24.3 Å². The molecule has 1 aromatic heterocycles. The quantitative estimate of drug-likeness (QED) is 0.722. The van der Waals surface area contributed by atoms with Crippen molar-refractivity contribution in [3.8, 4) is 0 Å². The topological polar surface area (TPSA) is 118 Å². The number of primary amides is 1. The maximum absolute atomic E-state index is 12.5. The first-order valence-corrected chi connectivity index (χ1v) is 6.54. The fraction of sp³-hybridized carbons (Fsp3) is 0.214. The second-order valence-electron chi connectivity index (χ2n) is 5.03. The van der Waals surface area contributed by atoms with E-state index in [0.717, 1.165) is 11.1 Å². The predicted molar refractivity (Wildman–Crippen MR) is 76.0 cm³/mol. The maximum atomic E-state index is 12.5. The van der Waals surface area contributed by atoms with Crippen molar-refractivity contribution in [2.75, 3.05) is 5.73 Å². The van der Waals surface area contributed by atoms with Gasteiger partial charge in [-0.2, -0.15) is 5.10 Å². The minimum atomic E-state index is -0.670. The van der Waals surface area contributed by atoms with Crippen LogP contribution in [-0.2, 0) is 17.8 Å². The van der Waals surface area contributed by atoms with Crippen LogP contribution in [0.3, 0.4) is 0 Å². The van der Waals surface area contributed by atoms with Gasteiger partial charge in [0.25, 0.3) is 5.91 Å². The van der Waals surface area contributed by atoms with E-state index in [1.807, 2.05) is 24.3 Å². The van der Waals surface area contributed by atoms with Gasteiger partial charge < -0.3 is 16.4 Å². The number of rotatable bonds is 2. The largest absolute Gasteiger partial charge is 0.382 e. The van der Waals surface area contributed by atoms with Crippen molar-refractivity contribution in [2.24, 2.45) is 5.73 Å². The van der Waals surface area contributed by atoms with Gasteiger partial charge in [0.15, 0.2) is 0 Å². The number of carbonyl (C=O) groups is 2. The number of carbonyl (C=O) groups excluding carboxylic acids is 2. The number of fused-ring (bicyclic) bond motifs is 1. The first-order chi connectivity index (χ1) is 10.1. The Hall–Kier alpha value is -2.83. The Labute approximate surface area is 120 Å². The predicted octanol–water partition coefficient (Wildman–Crippen LogP) is 0.0443. The first kappa shape index (κ1) is 13.2. The molecule has 5 N–H and O–H groups in total. The van der Waals surface area contributed by atoms with Crippen LogP contribution in [0.1, 0.15) is 21.6 Å². The summed E-state index contributed by atoms with van der Waals surface area (Å²) in [6.45, 7) is 0.335. The van der Waals surface area contributed by atoms with Gasteiger partial charge in [0.05, 0.1) is 0 Å². The number of nitrogens with zero attached hydrogens (tertiary/aromatic N) is 2. The third-order valence-corrected chi connectivity index (χ3v) is 3.67. The molecule has 0 unspecified atom stereocenters. The standard InChI is InChI=1S/C14H15N5O2/c15-12-6-10(17-18-12)14(21)19-7-9-4-2-1-3-8(9)5-11(19)13(16)20/h1-4,6,11H,5,7H2,(H2,16,20)(H3,15,17,18)/t11-/m0/s1. The monoisotopic (exact) mass is 285 g/mol. The van der Waals surface area contributed by atoms with Gasteiger partial charge >= 0.3 is 0 Å². The number of aromatic nitrogens is 2. The molecule has 21 heavy (non-hydrogen) atoms. The SMILES string of the molecule is NC(=O)[C@@H]1Cc2ccccc2CN1C(=O)c1cc(N)n[nH]1. The van der Waals surface area contributed by atoms with Crippen molar-refractivity contribution in [1.82, 2.24) is 15.1 Å². The molecule has 1 aliphatic heterocycles. The highest BCUT2D eigenvalue weighted by atomic mass is 16.2. The van der Waals surface area contributed by atoms with E-state index in [0.29, 0.717) is 13.0 Å². The normalized spacial score (nSPS) is 17.3. The van der Waals surface area contributed by atoms with Crippen LogP contribution in [0.4, 0.5) is 5.82 Å². The van der Waals surface area contributed by atoms with E-state index in [9.17, 15) is 9.59 Å². The molecule has 0 aliphatic carbocycles. The molecule has 3 rings (SSSR count). The summed E-state index contributed by atoms with van der Waals surface area (Å²) in [5.41, 5.74) is 13.3. The van der Waals surface area contributed by atoms with Crippen molar-refractivity contribution in [1.29, 1.82) is 0 Å². The van der Waals surface area contributed by atoms with Crippen molar-refractivity contribution in [3.63, 3.8) is 0 Å². The molecule has 2 aromatic rings. The average Bonchev–Trinajstić information content (AvgIpc) is 2.91. The Morgan fingerprint density at radius 1 is 1.29 bits per heavy atom. The molecule has 108 valence electrons. The van der Waals surface area contributed by atoms with Crippen LogP contribution in [-0.4, -0.2) is 33.0 Å². The Morgan fingerprint density at radius 2 is 2.00 bits per heavy atom. The van der Waals surface area contributed by atoms with Crippen LogP contribution in [0.2, 0.25) is 0 Å². The lowest BCUT2D eigenvalue weighted by Gasteiger charge is -2.34. The van der Waals surface area contributed by atoms with Crippen molar-refractivity contribution < 1.29 is 9.59 Å². The summed E-state index contributed by atoms with van der Waals surface area (Å²) in [4.78, 5) is 25.7. The number of amides is 2. The van der Waals surface area contributed by atoms with E-state index in [-0.39, 0.29) is 17.4 Å². The molecular formula is C14H15N5O2. The number of nitrogens with two attached hydrogens (primary N) is 2. The van der Waals surface area contributed by atoms with Crippen molar-refractivity contribution in [3.05, 3.63) is 47.2 Å². The first-order valence-electron chi connectivity index (χ1n) is 6.54. The zero-order valence-corrected chi connectivity index (χ0v) is 11.2. The second kappa shape index (κ2) is 4.93. The average molecular weight is 285 g/mol. The third-order valence-electron chi connectivity index (χ3n) is 3.67. The number of aromatic amines is 1. The fourth-order valence-electron chi connectivity index (χ4n) is 2.59. The number of H-pyrrole nitrogens is 1. The fourth-order valence-corrected chi connectivity index (χ4v) is 2.59. The number of benzene rings is 1. The van der Waals surface area contributed by atoms with Crippen molar-refractivity contribution in [2.45, 2.75) is 19.0 Å². The highest BCUT2D eigenvalue weighted by Gasteiger charge is 2.34. The smallest absolute Gasteiger partial charge is 0.272 e. The molecule has 1 aromatic carbocycles.